The zero-order valence-electron chi connectivity index (χ0n) is 9.95. The maximum Gasteiger partial charge on any atom is 0.148 e. The van der Waals surface area contributed by atoms with Gasteiger partial charge in [0, 0.05) is 6.54 Å². The van der Waals surface area contributed by atoms with E-state index in [1.807, 2.05) is 6.07 Å². The lowest BCUT2D eigenvalue weighted by molar-refractivity contribution is 0.428. The molecule has 3 heteroatoms. The zero-order chi connectivity index (χ0) is 11.8. The summed E-state index contributed by atoms with van der Waals surface area (Å²) in [5, 5.41) is 3.33. The number of halogens is 1. The van der Waals surface area contributed by atoms with Crippen molar-refractivity contribution in [1.82, 2.24) is 0 Å². The van der Waals surface area contributed by atoms with Crippen LogP contribution < -0.4 is 11.1 Å². The van der Waals surface area contributed by atoms with E-state index in [1.165, 1.54) is 31.7 Å². The summed E-state index contributed by atoms with van der Waals surface area (Å²) < 4.78 is 13.3. The average molecular weight is 234 g/mol. The Morgan fingerprint density at radius 3 is 2.47 bits per heavy atom. The first-order valence-electron chi connectivity index (χ1n) is 6.53. The Bertz CT molecular complexity index is 399. The molecule has 0 spiro atoms. The van der Waals surface area contributed by atoms with Gasteiger partial charge in [-0.1, -0.05) is 6.07 Å². The SMILES string of the molecule is Nc1c(F)cccc1NCC(C1CC1)C1CC1. The fourth-order valence-electron chi connectivity index (χ4n) is 2.69. The first-order valence-corrected chi connectivity index (χ1v) is 6.53. The second kappa shape index (κ2) is 4.21. The lowest BCUT2D eigenvalue weighted by atomic mass is 9.98. The first kappa shape index (κ1) is 10.9. The summed E-state index contributed by atoms with van der Waals surface area (Å²) in [7, 11) is 0. The highest BCUT2D eigenvalue weighted by atomic mass is 19.1. The second-order valence-corrected chi connectivity index (χ2v) is 5.42. The van der Waals surface area contributed by atoms with Gasteiger partial charge in [-0.3, -0.25) is 0 Å². The van der Waals surface area contributed by atoms with Crippen molar-refractivity contribution in [3.63, 3.8) is 0 Å². The van der Waals surface area contributed by atoms with E-state index < -0.39 is 0 Å². The predicted molar refractivity (Wildman–Crippen MR) is 68.2 cm³/mol. The molecular weight excluding hydrogens is 215 g/mol. The van der Waals surface area contributed by atoms with Gasteiger partial charge in [0.1, 0.15) is 5.82 Å². The Kier molecular flexibility index (Phi) is 2.69. The third-order valence-electron chi connectivity index (χ3n) is 4.04. The van der Waals surface area contributed by atoms with Gasteiger partial charge >= 0.3 is 0 Å². The molecule has 3 N–H and O–H groups in total. The molecular formula is C14H19FN2. The fraction of sp³-hybridized carbons (Fsp3) is 0.571. The van der Waals surface area contributed by atoms with Crippen LogP contribution in [0.3, 0.4) is 0 Å². The summed E-state index contributed by atoms with van der Waals surface area (Å²) in [6.07, 6.45) is 5.51. The molecule has 0 bridgehead atoms. The molecule has 2 fully saturated rings. The van der Waals surface area contributed by atoms with Crippen molar-refractivity contribution in [2.75, 3.05) is 17.6 Å². The van der Waals surface area contributed by atoms with Crippen LogP contribution in [0.1, 0.15) is 25.7 Å². The van der Waals surface area contributed by atoms with Crippen LogP contribution in [0, 0.1) is 23.6 Å². The van der Waals surface area contributed by atoms with Gasteiger partial charge in [0.05, 0.1) is 11.4 Å². The molecule has 1 aromatic rings. The minimum Gasteiger partial charge on any atom is -0.395 e. The largest absolute Gasteiger partial charge is 0.395 e. The van der Waals surface area contributed by atoms with Crippen LogP contribution in [0.4, 0.5) is 15.8 Å². The van der Waals surface area contributed by atoms with Crippen LogP contribution >= 0.6 is 0 Å². The molecule has 2 aliphatic rings. The van der Waals surface area contributed by atoms with Crippen LogP contribution in [-0.2, 0) is 0 Å². The predicted octanol–water partition coefficient (Wildman–Crippen LogP) is 3.26. The lowest BCUT2D eigenvalue weighted by Gasteiger charge is -2.18. The van der Waals surface area contributed by atoms with Gasteiger partial charge in [-0.2, -0.15) is 0 Å². The van der Waals surface area contributed by atoms with E-state index in [0.29, 0.717) is 0 Å². The molecule has 0 saturated heterocycles. The Balaban J connectivity index is 1.64. The smallest absolute Gasteiger partial charge is 0.148 e. The molecule has 2 nitrogen and oxygen atoms in total. The summed E-state index contributed by atoms with van der Waals surface area (Å²) >= 11 is 0. The number of anilines is 2. The topological polar surface area (TPSA) is 38.0 Å². The molecule has 0 aliphatic heterocycles. The van der Waals surface area contributed by atoms with Gasteiger partial charge in [-0.05, 0) is 55.6 Å². The molecule has 3 rings (SSSR count). The molecule has 17 heavy (non-hydrogen) atoms. The van der Waals surface area contributed by atoms with Crippen LogP contribution in [0.25, 0.3) is 0 Å². The maximum atomic E-state index is 13.3. The minimum absolute atomic E-state index is 0.248. The van der Waals surface area contributed by atoms with E-state index >= 15 is 0 Å². The van der Waals surface area contributed by atoms with Crippen LogP contribution in [-0.4, -0.2) is 6.54 Å². The molecule has 2 aliphatic carbocycles. The third kappa shape index (κ3) is 2.38. The average Bonchev–Trinajstić information content (AvgIpc) is 3.14. The number of nitrogens with two attached hydrogens (primary N) is 1. The molecule has 0 atom stereocenters. The van der Waals surface area contributed by atoms with Crippen molar-refractivity contribution < 1.29 is 4.39 Å². The fourth-order valence-corrected chi connectivity index (χ4v) is 2.69. The van der Waals surface area contributed by atoms with Crippen molar-refractivity contribution >= 4 is 11.4 Å². The van der Waals surface area contributed by atoms with E-state index in [-0.39, 0.29) is 11.5 Å². The normalized spacial score (nSPS) is 19.6. The molecule has 0 amide bonds. The van der Waals surface area contributed by atoms with Crippen molar-refractivity contribution in [3.8, 4) is 0 Å². The summed E-state index contributed by atoms with van der Waals surface area (Å²) in [5.41, 5.74) is 6.71. The van der Waals surface area contributed by atoms with Crippen molar-refractivity contribution in [1.29, 1.82) is 0 Å². The number of hydrogen-bond donors (Lipinski definition) is 2. The Morgan fingerprint density at radius 1 is 1.24 bits per heavy atom. The molecule has 0 radical (unpaired) electrons. The van der Waals surface area contributed by atoms with E-state index in [0.717, 1.165) is 30.0 Å². The highest BCUT2D eigenvalue weighted by Crippen LogP contribution is 2.49. The van der Waals surface area contributed by atoms with Gasteiger partial charge in [-0.15, -0.1) is 0 Å². The van der Waals surface area contributed by atoms with Crippen molar-refractivity contribution in [2.24, 2.45) is 17.8 Å². The second-order valence-electron chi connectivity index (χ2n) is 5.42. The molecule has 0 unspecified atom stereocenters. The number of hydrogen-bond acceptors (Lipinski definition) is 2. The summed E-state index contributed by atoms with van der Waals surface area (Å²) in [4.78, 5) is 0. The third-order valence-corrected chi connectivity index (χ3v) is 4.04. The summed E-state index contributed by atoms with van der Waals surface area (Å²) in [5.74, 6) is 2.26. The highest BCUT2D eigenvalue weighted by Gasteiger charge is 2.41. The lowest BCUT2D eigenvalue weighted by Crippen LogP contribution is -2.19. The summed E-state index contributed by atoms with van der Waals surface area (Å²) in [6.45, 7) is 0.947. The van der Waals surface area contributed by atoms with E-state index in [1.54, 1.807) is 6.07 Å². The number of rotatable bonds is 5. The standard InChI is InChI=1S/C14H19FN2/c15-12-2-1-3-13(14(12)16)17-8-11(9-4-5-9)10-6-7-10/h1-3,9-11,17H,4-8,16H2. The monoisotopic (exact) mass is 234 g/mol. The Hall–Kier alpha value is -1.25. The first-order chi connectivity index (χ1) is 8.25. The molecule has 0 aromatic heterocycles. The maximum absolute atomic E-state index is 13.3. The molecule has 0 heterocycles. The van der Waals surface area contributed by atoms with Gasteiger partial charge in [-0.25, -0.2) is 4.39 Å². The van der Waals surface area contributed by atoms with E-state index in [4.69, 9.17) is 5.73 Å². The Labute approximate surface area is 101 Å². The quantitative estimate of drug-likeness (QED) is 0.767. The zero-order valence-corrected chi connectivity index (χ0v) is 9.95. The van der Waals surface area contributed by atoms with Gasteiger partial charge in [0.25, 0.3) is 0 Å². The molecule has 2 saturated carbocycles. The molecule has 1 aromatic carbocycles. The van der Waals surface area contributed by atoms with Crippen LogP contribution in [0.2, 0.25) is 0 Å². The Morgan fingerprint density at radius 2 is 1.88 bits per heavy atom. The highest BCUT2D eigenvalue weighted by molar-refractivity contribution is 5.66. The number of nitrogen functional groups attached to an aromatic ring is 1. The number of para-hydroxylation sites is 1. The van der Waals surface area contributed by atoms with Gasteiger partial charge < -0.3 is 11.1 Å². The van der Waals surface area contributed by atoms with Crippen molar-refractivity contribution in [2.45, 2.75) is 25.7 Å². The van der Waals surface area contributed by atoms with Crippen LogP contribution in [0.5, 0.6) is 0 Å². The summed E-state index contributed by atoms with van der Waals surface area (Å²) in [6, 6.07) is 4.96. The van der Waals surface area contributed by atoms with Gasteiger partial charge in [0.2, 0.25) is 0 Å². The van der Waals surface area contributed by atoms with E-state index in [2.05, 4.69) is 5.32 Å². The number of nitrogens with one attached hydrogen (secondary N) is 1. The molecule has 92 valence electrons. The number of benzene rings is 1. The minimum atomic E-state index is -0.329. The van der Waals surface area contributed by atoms with Gasteiger partial charge in [0.15, 0.2) is 0 Å². The van der Waals surface area contributed by atoms with Crippen LogP contribution in [0.15, 0.2) is 18.2 Å². The van der Waals surface area contributed by atoms with Crippen molar-refractivity contribution in [3.05, 3.63) is 24.0 Å². The van der Waals surface area contributed by atoms with E-state index in [9.17, 15) is 4.39 Å².